The molecule has 2 aromatic rings. The summed E-state index contributed by atoms with van der Waals surface area (Å²) in [5.41, 5.74) is 1.02. The number of aromatic nitrogens is 3. The summed E-state index contributed by atoms with van der Waals surface area (Å²) in [6, 6.07) is 2.00. The molecular weight excluding hydrogens is 276 g/mol. The second kappa shape index (κ2) is 5.88. The van der Waals surface area contributed by atoms with Crippen LogP contribution in [-0.4, -0.2) is 27.4 Å². The fraction of sp³-hybridized carbons (Fsp3) is 0.462. The molecule has 3 rings (SSSR count). The summed E-state index contributed by atoms with van der Waals surface area (Å²) >= 11 is 3.03. The summed E-state index contributed by atoms with van der Waals surface area (Å²) in [4.78, 5) is 11.6. The lowest BCUT2D eigenvalue weighted by Gasteiger charge is -2.28. The molecule has 0 radical (unpaired) electrons. The molecule has 0 unspecified atom stereocenters. The van der Waals surface area contributed by atoms with Crippen molar-refractivity contribution in [2.75, 3.05) is 18.0 Å². The molecule has 1 fully saturated rings. The molecule has 6 heteroatoms. The highest BCUT2D eigenvalue weighted by Gasteiger charge is 2.15. The summed E-state index contributed by atoms with van der Waals surface area (Å²) in [6.07, 6.45) is 5.72. The third-order valence-corrected chi connectivity index (χ3v) is 4.70. The van der Waals surface area contributed by atoms with Crippen LogP contribution in [-0.2, 0) is 0 Å². The molecule has 0 amide bonds. The molecule has 0 bridgehead atoms. The molecule has 0 aromatic carbocycles. The Kier molecular flexibility index (Phi) is 3.98. The van der Waals surface area contributed by atoms with Crippen LogP contribution >= 0.6 is 23.3 Å². The van der Waals surface area contributed by atoms with E-state index in [9.17, 15) is 0 Å². The molecule has 0 spiro atoms. The number of nitrogens with zero attached hydrogens (tertiary/aromatic N) is 4. The van der Waals surface area contributed by atoms with Crippen LogP contribution in [0.3, 0.4) is 0 Å². The minimum Gasteiger partial charge on any atom is -0.355 e. The maximum Gasteiger partial charge on any atom is 0.150 e. The molecule has 19 heavy (non-hydrogen) atoms. The maximum atomic E-state index is 4.65. The lowest BCUT2D eigenvalue weighted by Crippen LogP contribution is -2.31. The van der Waals surface area contributed by atoms with Crippen LogP contribution < -0.4 is 4.90 Å². The molecule has 1 saturated heterocycles. The molecule has 0 atom stereocenters. The Labute approximate surface area is 121 Å². The van der Waals surface area contributed by atoms with Gasteiger partial charge >= 0.3 is 0 Å². The monoisotopic (exact) mass is 292 g/mol. The SMILES string of the molecule is Cc1nc(Sc2ccsn2)cnc1N1CCCCC1. The molecule has 1 aliphatic rings. The predicted octanol–water partition coefficient (Wildman–Crippen LogP) is 3.38. The van der Waals surface area contributed by atoms with Gasteiger partial charge in [0.1, 0.15) is 15.9 Å². The standard InChI is InChI=1S/C13H16N4S2/c1-10-13(17-6-3-2-4-7-17)14-9-12(15-10)19-11-5-8-18-16-11/h5,8-9H,2-4,6-7H2,1H3. The van der Waals surface area contributed by atoms with Gasteiger partial charge in [-0.05, 0) is 55.5 Å². The number of rotatable bonds is 3. The van der Waals surface area contributed by atoms with Crippen molar-refractivity contribution in [1.82, 2.24) is 14.3 Å². The van der Waals surface area contributed by atoms with Crippen molar-refractivity contribution in [2.24, 2.45) is 0 Å². The van der Waals surface area contributed by atoms with Crippen molar-refractivity contribution in [1.29, 1.82) is 0 Å². The molecule has 0 N–H and O–H groups in total. The zero-order valence-corrected chi connectivity index (χ0v) is 12.5. The molecule has 1 aliphatic heterocycles. The Bertz CT molecular complexity index is 536. The minimum atomic E-state index is 0.921. The van der Waals surface area contributed by atoms with Gasteiger partial charge in [-0.15, -0.1) is 0 Å². The second-order valence-corrected chi connectivity index (χ2v) is 6.31. The quantitative estimate of drug-likeness (QED) is 0.867. The van der Waals surface area contributed by atoms with Crippen LogP contribution in [0.25, 0.3) is 0 Å². The Morgan fingerprint density at radius 2 is 2.05 bits per heavy atom. The summed E-state index contributed by atoms with van der Waals surface area (Å²) in [5, 5.41) is 3.89. The third-order valence-electron chi connectivity index (χ3n) is 3.18. The van der Waals surface area contributed by atoms with E-state index in [-0.39, 0.29) is 0 Å². The lowest BCUT2D eigenvalue weighted by atomic mass is 10.1. The van der Waals surface area contributed by atoms with Gasteiger partial charge < -0.3 is 4.90 Å². The smallest absolute Gasteiger partial charge is 0.150 e. The van der Waals surface area contributed by atoms with Crippen LogP contribution in [0.1, 0.15) is 25.0 Å². The minimum absolute atomic E-state index is 0.921. The van der Waals surface area contributed by atoms with E-state index >= 15 is 0 Å². The first kappa shape index (κ1) is 12.9. The van der Waals surface area contributed by atoms with Crippen molar-refractivity contribution in [3.63, 3.8) is 0 Å². The maximum absolute atomic E-state index is 4.65. The summed E-state index contributed by atoms with van der Waals surface area (Å²) < 4.78 is 4.28. The van der Waals surface area contributed by atoms with E-state index in [4.69, 9.17) is 0 Å². The number of hydrogen-bond acceptors (Lipinski definition) is 6. The normalized spacial score (nSPS) is 15.7. The van der Waals surface area contributed by atoms with E-state index in [1.807, 2.05) is 24.6 Å². The largest absolute Gasteiger partial charge is 0.355 e. The average molecular weight is 292 g/mol. The first-order valence-electron chi connectivity index (χ1n) is 6.50. The van der Waals surface area contributed by atoms with Crippen LogP contribution in [0.5, 0.6) is 0 Å². The van der Waals surface area contributed by atoms with Crippen molar-refractivity contribution >= 4 is 29.1 Å². The van der Waals surface area contributed by atoms with Gasteiger partial charge in [0, 0.05) is 18.5 Å². The highest BCUT2D eigenvalue weighted by atomic mass is 32.2. The van der Waals surface area contributed by atoms with E-state index in [2.05, 4.69) is 19.2 Å². The van der Waals surface area contributed by atoms with Gasteiger partial charge in [0.05, 0.1) is 11.9 Å². The number of hydrogen-bond donors (Lipinski definition) is 0. The van der Waals surface area contributed by atoms with Crippen LogP contribution in [0, 0.1) is 6.92 Å². The third kappa shape index (κ3) is 3.06. The fourth-order valence-corrected chi connectivity index (χ4v) is 3.70. The molecular formula is C13H16N4S2. The molecule has 4 nitrogen and oxygen atoms in total. The van der Waals surface area contributed by atoms with Gasteiger partial charge in [0.15, 0.2) is 0 Å². The average Bonchev–Trinajstić information content (AvgIpc) is 2.93. The highest BCUT2D eigenvalue weighted by molar-refractivity contribution is 7.99. The zero-order valence-electron chi connectivity index (χ0n) is 10.9. The Morgan fingerprint density at radius 3 is 2.74 bits per heavy atom. The Morgan fingerprint density at radius 1 is 1.21 bits per heavy atom. The van der Waals surface area contributed by atoms with Gasteiger partial charge in [-0.25, -0.2) is 9.97 Å². The highest BCUT2D eigenvalue weighted by Crippen LogP contribution is 2.27. The molecule has 0 saturated carbocycles. The topological polar surface area (TPSA) is 41.9 Å². The van der Waals surface area contributed by atoms with Crippen molar-refractivity contribution in [3.05, 3.63) is 23.3 Å². The van der Waals surface area contributed by atoms with Crippen molar-refractivity contribution in [2.45, 2.75) is 36.2 Å². The molecule has 100 valence electrons. The zero-order chi connectivity index (χ0) is 13.1. The van der Waals surface area contributed by atoms with E-state index < -0.39 is 0 Å². The van der Waals surface area contributed by atoms with E-state index in [0.29, 0.717) is 0 Å². The number of anilines is 1. The van der Waals surface area contributed by atoms with E-state index in [1.165, 1.54) is 30.8 Å². The van der Waals surface area contributed by atoms with E-state index in [0.717, 1.165) is 34.7 Å². The fourth-order valence-electron chi connectivity index (χ4n) is 2.28. The van der Waals surface area contributed by atoms with E-state index in [1.54, 1.807) is 11.8 Å². The molecule has 0 aliphatic carbocycles. The molecule has 3 heterocycles. The lowest BCUT2D eigenvalue weighted by molar-refractivity contribution is 0.570. The molecule has 2 aromatic heterocycles. The van der Waals surface area contributed by atoms with Gasteiger partial charge in [-0.3, -0.25) is 0 Å². The first-order chi connectivity index (χ1) is 9.33. The second-order valence-electron chi connectivity index (χ2n) is 4.60. The van der Waals surface area contributed by atoms with Crippen molar-refractivity contribution < 1.29 is 0 Å². The van der Waals surface area contributed by atoms with Gasteiger partial charge in [0.25, 0.3) is 0 Å². The Balaban J connectivity index is 1.77. The summed E-state index contributed by atoms with van der Waals surface area (Å²) in [5.74, 6) is 1.04. The van der Waals surface area contributed by atoms with Crippen molar-refractivity contribution in [3.8, 4) is 0 Å². The van der Waals surface area contributed by atoms with Gasteiger partial charge in [-0.2, -0.15) is 4.37 Å². The van der Waals surface area contributed by atoms with Gasteiger partial charge in [0.2, 0.25) is 0 Å². The van der Waals surface area contributed by atoms with Crippen LogP contribution in [0.2, 0.25) is 0 Å². The predicted molar refractivity (Wildman–Crippen MR) is 79.1 cm³/mol. The number of aryl methyl sites for hydroxylation is 1. The van der Waals surface area contributed by atoms with Crippen LogP contribution in [0.4, 0.5) is 5.82 Å². The number of piperidine rings is 1. The summed E-state index contributed by atoms with van der Waals surface area (Å²) in [6.45, 7) is 4.25. The van der Waals surface area contributed by atoms with Gasteiger partial charge in [-0.1, -0.05) is 0 Å². The Hall–Kier alpha value is -1.14. The summed E-state index contributed by atoms with van der Waals surface area (Å²) in [7, 11) is 0. The van der Waals surface area contributed by atoms with Crippen LogP contribution in [0.15, 0.2) is 27.7 Å². The first-order valence-corrected chi connectivity index (χ1v) is 8.15.